The molecule has 0 fully saturated rings. The van der Waals surface area contributed by atoms with Crippen LogP contribution >= 0.6 is 0 Å². The highest BCUT2D eigenvalue weighted by molar-refractivity contribution is 6.14. The number of carbonyl (C=O) groups is 2. The van der Waals surface area contributed by atoms with E-state index in [0.717, 1.165) is 12.8 Å². The third kappa shape index (κ3) is 9.50. The van der Waals surface area contributed by atoms with Crippen LogP contribution in [-0.4, -0.2) is 18.4 Å². The molecule has 0 N–H and O–H groups in total. The molecule has 2 aromatic rings. The Hall–Kier alpha value is -2.42. The van der Waals surface area contributed by atoms with E-state index in [9.17, 15) is 9.59 Å². The summed E-state index contributed by atoms with van der Waals surface area (Å²) in [4.78, 5) is 25.3. The number of ether oxygens (including phenoxy) is 1. The van der Waals surface area contributed by atoms with E-state index in [1.165, 1.54) is 64.2 Å². The molecule has 0 aromatic heterocycles. The molecule has 0 radical (unpaired) electrons. The lowest BCUT2D eigenvalue weighted by atomic mass is 9.98. The van der Waals surface area contributed by atoms with Gasteiger partial charge in [0.05, 0.1) is 12.2 Å². The number of unbranched alkanes of at least 4 members (excludes halogenated alkanes) is 11. The summed E-state index contributed by atoms with van der Waals surface area (Å²) in [6, 6.07) is 15.9. The van der Waals surface area contributed by atoms with Gasteiger partial charge < -0.3 is 4.74 Å². The second-order valence-electron chi connectivity index (χ2n) is 8.27. The van der Waals surface area contributed by atoms with E-state index in [-0.39, 0.29) is 5.78 Å². The van der Waals surface area contributed by atoms with Gasteiger partial charge >= 0.3 is 5.97 Å². The molecule has 0 aliphatic rings. The number of rotatable bonds is 16. The smallest absolute Gasteiger partial charge is 0.338 e. The molecule has 0 bridgehead atoms. The van der Waals surface area contributed by atoms with Crippen molar-refractivity contribution in [3.8, 4) is 0 Å². The quantitative estimate of drug-likeness (QED) is 0.158. The third-order valence-electron chi connectivity index (χ3n) is 5.66. The van der Waals surface area contributed by atoms with Crippen LogP contribution in [0.4, 0.5) is 0 Å². The van der Waals surface area contributed by atoms with Crippen molar-refractivity contribution in [2.45, 2.75) is 84.0 Å². The first-order valence-corrected chi connectivity index (χ1v) is 12.1. The van der Waals surface area contributed by atoms with Crippen LogP contribution in [0.2, 0.25) is 0 Å². The van der Waals surface area contributed by atoms with Gasteiger partial charge in [-0.15, -0.1) is 0 Å². The van der Waals surface area contributed by atoms with Crippen molar-refractivity contribution in [1.29, 1.82) is 0 Å². The molecule has 2 rings (SSSR count). The van der Waals surface area contributed by atoms with Gasteiger partial charge in [-0.3, -0.25) is 4.79 Å². The molecule has 2 aromatic carbocycles. The van der Waals surface area contributed by atoms with E-state index in [1.54, 1.807) is 36.4 Å². The number of esters is 1. The van der Waals surface area contributed by atoms with E-state index in [0.29, 0.717) is 23.3 Å². The van der Waals surface area contributed by atoms with Crippen molar-refractivity contribution in [2.75, 3.05) is 6.61 Å². The Morgan fingerprint density at radius 2 is 1.10 bits per heavy atom. The zero-order valence-corrected chi connectivity index (χ0v) is 19.1. The van der Waals surface area contributed by atoms with Gasteiger partial charge in [0.15, 0.2) is 5.78 Å². The Bertz CT molecular complexity index is 767. The lowest BCUT2D eigenvalue weighted by Gasteiger charge is -2.09. The van der Waals surface area contributed by atoms with Crippen molar-refractivity contribution in [3.05, 3.63) is 71.3 Å². The maximum absolute atomic E-state index is 12.8. The largest absolute Gasteiger partial charge is 0.462 e. The minimum atomic E-state index is -0.414. The molecule has 0 saturated heterocycles. The number of hydrogen-bond donors (Lipinski definition) is 0. The van der Waals surface area contributed by atoms with Crippen molar-refractivity contribution in [3.63, 3.8) is 0 Å². The van der Waals surface area contributed by atoms with Crippen LogP contribution in [-0.2, 0) is 4.74 Å². The van der Waals surface area contributed by atoms with E-state index in [1.807, 2.05) is 18.2 Å². The molecule has 0 unspecified atom stereocenters. The molecule has 0 atom stereocenters. The molecule has 168 valence electrons. The van der Waals surface area contributed by atoms with Crippen LogP contribution in [0, 0.1) is 0 Å². The molecular formula is C28H38O3. The second-order valence-corrected chi connectivity index (χ2v) is 8.27. The van der Waals surface area contributed by atoms with Crippen molar-refractivity contribution < 1.29 is 14.3 Å². The fraction of sp³-hybridized carbons (Fsp3) is 0.500. The first-order valence-electron chi connectivity index (χ1n) is 12.1. The van der Waals surface area contributed by atoms with Crippen LogP contribution in [0.15, 0.2) is 54.6 Å². The standard InChI is InChI=1S/C28H38O3/c1-2-3-4-5-6-7-8-9-10-11-12-18-23-31-28(30)26-22-17-16-21-25(26)27(29)24-19-14-13-15-20-24/h13-17,19-22H,2-12,18,23H2,1H3. The number of benzene rings is 2. The summed E-state index contributed by atoms with van der Waals surface area (Å²) >= 11 is 0. The molecule has 0 saturated carbocycles. The fourth-order valence-electron chi connectivity index (χ4n) is 3.79. The summed E-state index contributed by atoms with van der Waals surface area (Å²) < 4.78 is 5.46. The number of ketones is 1. The first-order chi connectivity index (χ1) is 15.2. The molecular weight excluding hydrogens is 384 g/mol. The Morgan fingerprint density at radius 1 is 0.613 bits per heavy atom. The Labute approximate surface area is 188 Å². The lowest BCUT2D eigenvalue weighted by molar-refractivity contribution is 0.0495. The lowest BCUT2D eigenvalue weighted by Crippen LogP contribution is -2.13. The summed E-state index contributed by atoms with van der Waals surface area (Å²) in [6.07, 6.45) is 15.3. The maximum Gasteiger partial charge on any atom is 0.338 e. The predicted octanol–water partition coefficient (Wildman–Crippen LogP) is 7.78. The summed E-state index contributed by atoms with van der Waals surface area (Å²) in [5.41, 5.74) is 1.31. The zero-order chi connectivity index (χ0) is 22.2. The first kappa shape index (κ1) is 24.8. The molecule has 3 nitrogen and oxygen atoms in total. The highest BCUT2D eigenvalue weighted by atomic mass is 16.5. The van der Waals surface area contributed by atoms with Gasteiger partial charge in [-0.25, -0.2) is 4.79 Å². The second kappa shape index (κ2) is 15.4. The van der Waals surface area contributed by atoms with Gasteiger partial charge in [0, 0.05) is 11.1 Å². The van der Waals surface area contributed by atoms with Gasteiger partial charge in [-0.05, 0) is 12.5 Å². The third-order valence-corrected chi connectivity index (χ3v) is 5.66. The number of hydrogen-bond acceptors (Lipinski definition) is 3. The maximum atomic E-state index is 12.8. The zero-order valence-electron chi connectivity index (χ0n) is 19.1. The highest BCUT2D eigenvalue weighted by Crippen LogP contribution is 2.16. The van der Waals surface area contributed by atoms with Gasteiger partial charge in [0.1, 0.15) is 0 Å². The van der Waals surface area contributed by atoms with Crippen molar-refractivity contribution in [1.82, 2.24) is 0 Å². The van der Waals surface area contributed by atoms with E-state index in [4.69, 9.17) is 4.74 Å². The SMILES string of the molecule is CCCCCCCCCCCCCCOC(=O)c1ccccc1C(=O)c1ccccc1. The Kier molecular flexibility index (Phi) is 12.3. The highest BCUT2D eigenvalue weighted by Gasteiger charge is 2.18. The average Bonchev–Trinajstić information content (AvgIpc) is 2.82. The van der Waals surface area contributed by atoms with Gasteiger partial charge in [0.25, 0.3) is 0 Å². The molecule has 0 heterocycles. The van der Waals surface area contributed by atoms with Gasteiger partial charge in [-0.1, -0.05) is 126 Å². The van der Waals surface area contributed by atoms with Crippen molar-refractivity contribution >= 4 is 11.8 Å². The van der Waals surface area contributed by atoms with Crippen LogP contribution in [0.5, 0.6) is 0 Å². The predicted molar refractivity (Wildman–Crippen MR) is 128 cm³/mol. The van der Waals surface area contributed by atoms with E-state index >= 15 is 0 Å². The Morgan fingerprint density at radius 3 is 1.68 bits per heavy atom. The molecule has 0 aliphatic heterocycles. The topological polar surface area (TPSA) is 43.4 Å². The van der Waals surface area contributed by atoms with Crippen LogP contribution < -0.4 is 0 Å². The summed E-state index contributed by atoms with van der Waals surface area (Å²) in [5, 5.41) is 0. The minimum Gasteiger partial charge on any atom is -0.462 e. The Balaban J connectivity index is 1.62. The minimum absolute atomic E-state index is 0.154. The molecule has 0 amide bonds. The summed E-state index contributed by atoms with van der Waals surface area (Å²) in [5.74, 6) is -0.568. The normalized spacial score (nSPS) is 10.7. The molecule has 0 spiro atoms. The van der Waals surface area contributed by atoms with E-state index in [2.05, 4.69) is 6.92 Å². The van der Waals surface area contributed by atoms with E-state index < -0.39 is 5.97 Å². The molecule has 31 heavy (non-hydrogen) atoms. The van der Waals surface area contributed by atoms with Gasteiger partial charge in [-0.2, -0.15) is 0 Å². The fourth-order valence-corrected chi connectivity index (χ4v) is 3.79. The summed E-state index contributed by atoms with van der Waals surface area (Å²) in [7, 11) is 0. The summed E-state index contributed by atoms with van der Waals surface area (Å²) in [6.45, 7) is 2.66. The van der Waals surface area contributed by atoms with Crippen LogP contribution in [0.3, 0.4) is 0 Å². The number of carbonyl (C=O) groups excluding carboxylic acids is 2. The van der Waals surface area contributed by atoms with Crippen molar-refractivity contribution in [2.24, 2.45) is 0 Å². The molecule has 0 aliphatic carbocycles. The van der Waals surface area contributed by atoms with Crippen LogP contribution in [0.1, 0.15) is 110 Å². The average molecular weight is 423 g/mol. The van der Waals surface area contributed by atoms with Crippen LogP contribution in [0.25, 0.3) is 0 Å². The monoisotopic (exact) mass is 422 g/mol. The van der Waals surface area contributed by atoms with Gasteiger partial charge in [0.2, 0.25) is 0 Å². The molecule has 3 heteroatoms.